The molecular formula is C9H10O3. The average molecular weight is 166 g/mol. The molecule has 0 amide bonds. The van der Waals surface area contributed by atoms with Crippen LogP contribution in [0.15, 0.2) is 16.7 Å². The van der Waals surface area contributed by atoms with Crippen LogP contribution in [-0.2, 0) is 5.60 Å². The molecule has 1 unspecified atom stereocenters. The number of aliphatic hydroxyl groups is 1. The molecular weight excluding hydrogens is 156 g/mol. The average Bonchev–Trinajstić information content (AvgIpc) is 2.46. The molecule has 0 aliphatic heterocycles. The number of hydrogen-bond acceptors (Lipinski definition) is 3. The fourth-order valence-corrected chi connectivity index (χ4v) is 1.55. The van der Waals surface area contributed by atoms with E-state index in [2.05, 4.69) is 0 Å². The fourth-order valence-electron chi connectivity index (χ4n) is 1.55. The van der Waals surface area contributed by atoms with E-state index in [1.54, 1.807) is 13.0 Å². The quantitative estimate of drug-likeness (QED) is 0.634. The highest BCUT2D eigenvalue weighted by atomic mass is 16.4. The third-order valence-electron chi connectivity index (χ3n) is 2.29. The maximum Gasteiger partial charge on any atom is 0.166 e. The van der Waals surface area contributed by atoms with Crippen LogP contribution in [0, 0.1) is 0 Å². The summed E-state index contributed by atoms with van der Waals surface area (Å²) < 4.78 is 5.07. The predicted molar refractivity (Wildman–Crippen MR) is 41.8 cm³/mol. The Morgan fingerprint density at radius 2 is 2.42 bits per heavy atom. The number of carbonyl (C=O) groups excluding carboxylic acids is 1. The second-order valence-electron chi connectivity index (χ2n) is 3.36. The van der Waals surface area contributed by atoms with E-state index in [0.717, 1.165) is 0 Å². The molecule has 1 aliphatic rings. The van der Waals surface area contributed by atoms with E-state index < -0.39 is 5.60 Å². The molecule has 1 atom stereocenters. The smallest absolute Gasteiger partial charge is 0.166 e. The van der Waals surface area contributed by atoms with Crippen LogP contribution in [-0.4, -0.2) is 10.9 Å². The molecule has 0 bridgehead atoms. The largest absolute Gasteiger partial charge is 0.466 e. The van der Waals surface area contributed by atoms with Gasteiger partial charge in [0.2, 0.25) is 0 Å². The summed E-state index contributed by atoms with van der Waals surface area (Å²) in [7, 11) is 0. The Bertz CT molecular complexity index is 322. The van der Waals surface area contributed by atoms with Gasteiger partial charge in [0.05, 0.1) is 11.8 Å². The molecule has 0 spiro atoms. The zero-order valence-electron chi connectivity index (χ0n) is 6.83. The summed E-state index contributed by atoms with van der Waals surface area (Å²) in [4.78, 5) is 11.3. The molecule has 3 nitrogen and oxygen atoms in total. The Kier molecular flexibility index (Phi) is 1.38. The Morgan fingerprint density at radius 1 is 1.67 bits per heavy atom. The number of hydrogen-bond donors (Lipinski definition) is 1. The molecule has 0 saturated heterocycles. The van der Waals surface area contributed by atoms with Crippen molar-refractivity contribution in [3.05, 3.63) is 23.7 Å². The maximum absolute atomic E-state index is 11.3. The Morgan fingerprint density at radius 3 is 3.08 bits per heavy atom. The van der Waals surface area contributed by atoms with E-state index in [9.17, 15) is 9.90 Å². The first-order chi connectivity index (χ1) is 5.61. The van der Waals surface area contributed by atoms with Gasteiger partial charge in [0.1, 0.15) is 11.4 Å². The van der Waals surface area contributed by atoms with Crippen molar-refractivity contribution in [2.45, 2.75) is 25.4 Å². The van der Waals surface area contributed by atoms with Gasteiger partial charge in [-0.25, -0.2) is 0 Å². The molecule has 0 aromatic carbocycles. The molecule has 1 aromatic heterocycles. The van der Waals surface area contributed by atoms with Gasteiger partial charge in [0, 0.05) is 6.42 Å². The van der Waals surface area contributed by atoms with Crippen LogP contribution in [0.4, 0.5) is 0 Å². The van der Waals surface area contributed by atoms with Gasteiger partial charge >= 0.3 is 0 Å². The summed E-state index contributed by atoms with van der Waals surface area (Å²) in [5, 5.41) is 9.79. The third kappa shape index (κ3) is 0.898. The molecule has 3 heteroatoms. The van der Waals surface area contributed by atoms with E-state index in [4.69, 9.17) is 4.42 Å². The van der Waals surface area contributed by atoms with Gasteiger partial charge in [0.25, 0.3) is 0 Å². The van der Waals surface area contributed by atoms with E-state index in [-0.39, 0.29) is 5.78 Å². The molecule has 1 aliphatic carbocycles. The van der Waals surface area contributed by atoms with Crippen LogP contribution in [0.5, 0.6) is 0 Å². The molecule has 64 valence electrons. The van der Waals surface area contributed by atoms with Crippen LogP contribution < -0.4 is 0 Å². The number of furan rings is 1. The molecule has 12 heavy (non-hydrogen) atoms. The van der Waals surface area contributed by atoms with Crippen molar-refractivity contribution in [2.24, 2.45) is 0 Å². The van der Waals surface area contributed by atoms with Crippen LogP contribution in [0.3, 0.4) is 0 Å². The lowest BCUT2D eigenvalue weighted by atomic mass is 9.85. The highest BCUT2D eigenvalue weighted by molar-refractivity contribution is 5.98. The molecule has 1 N–H and O–H groups in total. The second kappa shape index (κ2) is 2.20. The minimum atomic E-state index is -0.966. The van der Waals surface area contributed by atoms with Gasteiger partial charge in [-0.1, -0.05) is 0 Å². The van der Waals surface area contributed by atoms with Crippen LogP contribution in [0.2, 0.25) is 0 Å². The zero-order valence-corrected chi connectivity index (χ0v) is 6.83. The highest BCUT2D eigenvalue weighted by Gasteiger charge is 2.36. The van der Waals surface area contributed by atoms with E-state index in [1.807, 2.05) is 0 Å². The monoisotopic (exact) mass is 166 g/mol. The standard InChI is InChI=1S/C9H10O3/c1-9(11)4-2-7(10)6-3-5-12-8(6)9/h3,5,11H,2,4H2,1H3. The van der Waals surface area contributed by atoms with Gasteiger partial charge in [-0.3, -0.25) is 4.79 Å². The van der Waals surface area contributed by atoms with Gasteiger partial charge in [-0.05, 0) is 19.4 Å². The van der Waals surface area contributed by atoms with Gasteiger partial charge in [0.15, 0.2) is 5.78 Å². The summed E-state index contributed by atoms with van der Waals surface area (Å²) in [5.41, 5.74) is -0.432. The first-order valence-electron chi connectivity index (χ1n) is 3.95. The second-order valence-corrected chi connectivity index (χ2v) is 3.36. The Hall–Kier alpha value is -1.09. The number of Topliss-reactive ketones (excluding diaryl/α,β-unsaturated/α-hetero) is 1. The first kappa shape index (κ1) is 7.55. The van der Waals surface area contributed by atoms with E-state index in [0.29, 0.717) is 24.2 Å². The molecule has 0 fully saturated rings. The summed E-state index contributed by atoms with van der Waals surface area (Å²) in [6.07, 6.45) is 2.30. The van der Waals surface area contributed by atoms with Crippen molar-refractivity contribution in [1.82, 2.24) is 0 Å². The van der Waals surface area contributed by atoms with E-state index in [1.165, 1.54) is 6.26 Å². The molecule has 0 saturated carbocycles. The SMILES string of the molecule is CC1(O)CCC(=O)c2ccoc21. The lowest BCUT2D eigenvalue weighted by molar-refractivity contribution is 0.0164. The lowest BCUT2D eigenvalue weighted by Crippen LogP contribution is -2.28. The summed E-state index contributed by atoms with van der Waals surface area (Å²) >= 11 is 0. The Balaban J connectivity index is 2.57. The first-order valence-corrected chi connectivity index (χ1v) is 3.95. The highest BCUT2D eigenvalue weighted by Crippen LogP contribution is 2.35. The minimum Gasteiger partial charge on any atom is -0.466 e. The van der Waals surface area contributed by atoms with E-state index >= 15 is 0 Å². The molecule has 2 rings (SSSR count). The molecule has 1 aromatic rings. The third-order valence-corrected chi connectivity index (χ3v) is 2.29. The molecule has 1 heterocycles. The Labute approximate surface area is 70.0 Å². The fraction of sp³-hybridized carbons (Fsp3) is 0.444. The normalized spacial score (nSPS) is 28.7. The summed E-state index contributed by atoms with van der Waals surface area (Å²) in [5.74, 6) is 0.476. The van der Waals surface area contributed by atoms with Gasteiger partial charge < -0.3 is 9.52 Å². The lowest BCUT2D eigenvalue weighted by Gasteiger charge is -2.25. The van der Waals surface area contributed by atoms with Crippen molar-refractivity contribution in [2.75, 3.05) is 0 Å². The van der Waals surface area contributed by atoms with Crippen molar-refractivity contribution in [3.8, 4) is 0 Å². The number of rotatable bonds is 0. The van der Waals surface area contributed by atoms with Crippen molar-refractivity contribution in [1.29, 1.82) is 0 Å². The maximum atomic E-state index is 11.3. The van der Waals surface area contributed by atoms with Crippen molar-refractivity contribution < 1.29 is 14.3 Å². The summed E-state index contributed by atoms with van der Waals surface area (Å²) in [6, 6.07) is 1.62. The van der Waals surface area contributed by atoms with Gasteiger partial charge in [-0.2, -0.15) is 0 Å². The number of fused-ring (bicyclic) bond motifs is 1. The van der Waals surface area contributed by atoms with Gasteiger partial charge in [-0.15, -0.1) is 0 Å². The van der Waals surface area contributed by atoms with Crippen LogP contribution in [0.1, 0.15) is 35.9 Å². The van der Waals surface area contributed by atoms with Crippen LogP contribution in [0.25, 0.3) is 0 Å². The zero-order chi connectivity index (χ0) is 8.77. The predicted octanol–water partition coefficient (Wildman–Crippen LogP) is 1.46. The summed E-state index contributed by atoms with van der Waals surface area (Å²) in [6.45, 7) is 1.67. The van der Waals surface area contributed by atoms with Crippen molar-refractivity contribution >= 4 is 5.78 Å². The minimum absolute atomic E-state index is 0.0604. The number of ketones is 1. The van der Waals surface area contributed by atoms with Crippen molar-refractivity contribution in [3.63, 3.8) is 0 Å². The van der Waals surface area contributed by atoms with Crippen LogP contribution >= 0.6 is 0 Å². The topological polar surface area (TPSA) is 50.4 Å². The number of carbonyl (C=O) groups is 1. The molecule has 0 radical (unpaired) electrons.